The molecule has 5 nitrogen and oxygen atoms in total. The van der Waals surface area contributed by atoms with E-state index in [1.165, 1.54) is 5.56 Å². The Bertz CT molecular complexity index is 732. The van der Waals surface area contributed by atoms with Gasteiger partial charge in [0.15, 0.2) is 0 Å². The summed E-state index contributed by atoms with van der Waals surface area (Å²) in [4.78, 5) is 16.7. The van der Waals surface area contributed by atoms with Gasteiger partial charge in [-0.25, -0.2) is 0 Å². The lowest BCUT2D eigenvalue weighted by molar-refractivity contribution is -0.131. The first-order chi connectivity index (χ1) is 12.3. The van der Waals surface area contributed by atoms with E-state index in [1.54, 1.807) is 4.90 Å². The average molecular weight is 354 g/mol. The number of amides is 1. The number of aromatic amines is 1. The Morgan fingerprint density at radius 3 is 2.69 bits per heavy atom. The molecule has 0 radical (unpaired) electrons. The SMILES string of the molecule is CN(Cc1cc(C(C)(C)C)n[nH]1)C(=O)CN1CC[C@H](c2ccccc2)C1. The van der Waals surface area contributed by atoms with Gasteiger partial charge in [0.25, 0.3) is 0 Å². The van der Waals surface area contributed by atoms with E-state index in [4.69, 9.17) is 0 Å². The average Bonchev–Trinajstić information content (AvgIpc) is 3.25. The first-order valence-corrected chi connectivity index (χ1v) is 9.39. The normalized spacial score (nSPS) is 18.2. The molecule has 5 heteroatoms. The lowest BCUT2D eigenvalue weighted by Crippen LogP contribution is -2.37. The molecule has 3 rings (SSSR count). The van der Waals surface area contributed by atoms with Gasteiger partial charge in [-0.1, -0.05) is 51.1 Å². The molecule has 140 valence electrons. The van der Waals surface area contributed by atoms with Crippen LogP contribution in [0.2, 0.25) is 0 Å². The van der Waals surface area contributed by atoms with Crippen molar-refractivity contribution < 1.29 is 4.79 Å². The van der Waals surface area contributed by atoms with Crippen molar-refractivity contribution in [2.45, 2.75) is 45.1 Å². The van der Waals surface area contributed by atoms with Gasteiger partial charge in [-0.15, -0.1) is 0 Å². The highest BCUT2D eigenvalue weighted by atomic mass is 16.2. The minimum absolute atomic E-state index is 0.0132. The number of hydrogen-bond donors (Lipinski definition) is 1. The number of carbonyl (C=O) groups is 1. The summed E-state index contributed by atoms with van der Waals surface area (Å²) in [5.74, 6) is 0.696. The molecule has 1 N–H and O–H groups in total. The lowest BCUT2D eigenvalue weighted by atomic mass is 9.92. The highest BCUT2D eigenvalue weighted by molar-refractivity contribution is 5.78. The molecule has 2 heterocycles. The van der Waals surface area contributed by atoms with Crippen molar-refractivity contribution in [1.82, 2.24) is 20.0 Å². The van der Waals surface area contributed by atoms with E-state index < -0.39 is 0 Å². The van der Waals surface area contributed by atoms with Crippen LogP contribution in [0, 0.1) is 0 Å². The summed E-state index contributed by atoms with van der Waals surface area (Å²) < 4.78 is 0. The molecule has 0 spiro atoms. The molecule has 0 unspecified atom stereocenters. The summed E-state index contributed by atoms with van der Waals surface area (Å²) in [6.07, 6.45) is 1.12. The zero-order valence-electron chi connectivity index (χ0n) is 16.3. The third-order valence-electron chi connectivity index (χ3n) is 5.13. The predicted molar refractivity (Wildman–Crippen MR) is 104 cm³/mol. The molecule has 1 aliphatic rings. The molecule has 0 bridgehead atoms. The number of nitrogens with zero attached hydrogens (tertiary/aromatic N) is 3. The van der Waals surface area contributed by atoms with Gasteiger partial charge in [0, 0.05) is 19.0 Å². The second-order valence-electron chi connectivity index (χ2n) is 8.41. The topological polar surface area (TPSA) is 52.2 Å². The number of rotatable bonds is 5. The Labute approximate surface area is 156 Å². The number of H-pyrrole nitrogens is 1. The monoisotopic (exact) mass is 354 g/mol. The quantitative estimate of drug-likeness (QED) is 0.897. The van der Waals surface area contributed by atoms with Crippen LogP contribution >= 0.6 is 0 Å². The molecule has 0 saturated carbocycles. The fourth-order valence-electron chi connectivity index (χ4n) is 3.46. The van der Waals surface area contributed by atoms with Crippen molar-refractivity contribution in [3.63, 3.8) is 0 Å². The fraction of sp³-hybridized carbons (Fsp3) is 0.524. The maximum absolute atomic E-state index is 12.6. The molecule has 1 aliphatic heterocycles. The van der Waals surface area contributed by atoms with E-state index in [1.807, 2.05) is 7.05 Å². The molecular formula is C21H30N4O. The predicted octanol–water partition coefficient (Wildman–Crippen LogP) is 3.16. The summed E-state index contributed by atoms with van der Waals surface area (Å²) in [5.41, 5.74) is 3.40. The van der Waals surface area contributed by atoms with E-state index in [0.717, 1.165) is 30.9 Å². The van der Waals surface area contributed by atoms with E-state index in [2.05, 4.69) is 72.3 Å². The summed E-state index contributed by atoms with van der Waals surface area (Å²) in [7, 11) is 1.87. The Kier molecular flexibility index (Phi) is 5.47. The number of benzene rings is 1. The largest absolute Gasteiger partial charge is 0.339 e. The summed E-state index contributed by atoms with van der Waals surface area (Å²) >= 11 is 0. The molecule has 1 amide bonds. The summed E-state index contributed by atoms with van der Waals surface area (Å²) in [5, 5.41) is 7.44. The Balaban J connectivity index is 1.51. The summed E-state index contributed by atoms with van der Waals surface area (Å²) in [6.45, 7) is 9.41. The van der Waals surface area contributed by atoms with Crippen molar-refractivity contribution >= 4 is 5.91 Å². The number of hydrogen-bond acceptors (Lipinski definition) is 3. The van der Waals surface area contributed by atoms with Gasteiger partial charge in [-0.05, 0) is 30.5 Å². The molecule has 1 aromatic heterocycles. The maximum Gasteiger partial charge on any atom is 0.236 e. The standard InChI is InChI=1S/C21H30N4O/c1-21(2,3)19-12-18(22-23-19)14-24(4)20(26)15-25-11-10-17(13-25)16-8-6-5-7-9-16/h5-9,12,17H,10-11,13-15H2,1-4H3,(H,22,23)/t17-/m0/s1. The van der Waals surface area contributed by atoms with Crippen LogP contribution in [-0.2, 0) is 16.8 Å². The van der Waals surface area contributed by atoms with Crippen molar-refractivity contribution in [3.8, 4) is 0 Å². The van der Waals surface area contributed by atoms with Crippen LogP contribution in [0.5, 0.6) is 0 Å². The Morgan fingerprint density at radius 2 is 2.04 bits per heavy atom. The zero-order valence-corrected chi connectivity index (χ0v) is 16.3. The first-order valence-electron chi connectivity index (χ1n) is 9.39. The number of nitrogens with one attached hydrogen (secondary N) is 1. The smallest absolute Gasteiger partial charge is 0.236 e. The van der Waals surface area contributed by atoms with Crippen molar-refractivity contribution in [3.05, 3.63) is 53.3 Å². The van der Waals surface area contributed by atoms with Gasteiger partial charge >= 0.3 is 0 Å². The van der Waals surface area contributed by atoms with Crippen molar-refractivity contribution in [2.75, 3.05) is 26.7 Å². The van der Waals surface area contributed by atoms with Gasteiger partial charge in [0.1, 0.15) is 0 Å². The van der Waals surface area contributed by atoms with E-state index in [-0.39, 0.29) is 11.3 Å². The zero-order chi connectivity index (χ0) is 18.7. The molecule has 1 fully saturated rings. The summed E-state index contributed by atoms with van der Waals surface area (Å²) in [6, 6.07) is 12.7. The second-order valence-corrected chi connectivity index (χ2v) is 8.41. The van der Waals surface area contributed by atoms with Gasteiger partial charge in [0.2, 0.25) is 5.91 Å². The van der Waals surface area contributed by atoms with Crippen LogP contribution in [0.15, 0.2) is 36.4 Å². The molecule has 0 aliphatic carbocycles. The fourth-order valence-corrected chi connectivity index (χ4v) is 3.46. The van der Waals surface area contributed by atoms with Crippen molar-refractivity contribution in [2.24, 2.45) is 0 Å². The van der Waals surface area contributed by atoms with Crippen molar-refractivity contribution in [1.29, 1.82) is 0 Å². The number of likely N-dealkylation sites (tertiary alicyclic amines) is 1. The van der Waals surface area contributed by atoms with E-state index in [0.29, 0.717) is 19.0 Å². The highest BCUT2D eigenvalue weighted by Gasteiger charge is 2.26. The van der Waals surface area contributed by atoms with Gasteiger partial charge in [-0.2, -0.15) is 5.10 Å². The van der Waals surface area contributed by atoms with Crippen LogP contribution in [0.4, 0.5) is 0 Å². The molecule has 1 atom stereocenters. The van der Waals surface area contributed by atoms with Crippen LogP contribution in [0.1, 0.15) is 50.1 Å². The number of aromatic nitrogens is 2. The number of carbonyl (C=O) groups excluding carboxylic acids is 1. The van der Waals surface area contributed by atoms with Gasteiger partial charge < -0.3 is 4.90 Å². The molecule has 26 heavy (non-hydrogen) atoms. The van der Waals surface area contributed by atoms with E-state index in [9.17, 15) is 4.79 Å². The van der Waals surface area contributed by atoms with E-state index >= 15 is 0 Å². The van der Waals surface area contributed by atoms with Gasteiger partial charge in [-0.3, -0.25) is 14.8 Å². The van der Waals surface area contributed by atoms with Crippen LogP contribution in [0.3, 0.4) is 0 Å². The Hall–Kier alpha value is -2.14. The molecular weight excluding hydrogens is 324 g/mol. The van der Waals surface area contributed by atoms with Crippen LogP contribution in [-0.4, -0.2) is 52.6 Å². The minimum Gasteiger partial charge on any atom is -0.339 e. The van der Waals surface area contributed by atoms with Gasteiger partial charge in [0.05, 0.1) is 24.5 Å². The minimum atomic E-state index is 0.0132. The Morgan fingerprint density at radius 1 is 1.31 bits per heavy atom. The molecule has 2 aromatic rings. The molecule has 1 aromatic carbocycles. The third kappa shape index (κ3) is 4.52. The third-order valence-corrected chi connectivity index (χ3v) is 5.13. The van der Waals surface area contributed by atoms with Crippen LogP contribution in [0.25, 0.3) is 0 Å². The number of likely N-dealkylation sites (N-methyl/N-ethyl adjacent to an activating group) is 1. The van der Waals surface area contributed by atoms with Crippen LogP contribution < -0.4 is 0 Å². The lowest BCUT2D eigenvalue weighted by Gasteiger charge is -2.21. The molecule has 1 saturated heterocycles. The first kappa shape index (κ1) is 18.6. The highest BCUT2D eigenvalue weighted by Crippen LogP contribution is 2.26. The maximum atomic E-state index is 12.6. The second kappa shape index (κ2) is 7.62.